The number of likely N-dealkylation sites (tertiary alicyclic amines) is 1. The lowest BCUT2D eigenvalue weighted by molar-refractivity contribution is -0.123. The summed E-state index contributed by atoms with van der Waals surface area (Å²) in [5.41, 5.74) is 5.83. The lowest BCUT2D eigenvalue weighted by Gasteiger charge is -2.33. The van der Waals surface area contributed by atoms with Crippen LogP contribution in [0.2, 0.25) is 5.02 Å². The molecule has 1 aromatic rings. The predicted molar refractivity (Wildman–Crippen MR) is 77.0 cm³/mol. The second-order valence-electron chi connectivity index (χ2n) is 4.57. The summed E-state index contributed by atoms with van der Waals surface area (Å²) in [4.78, 5) is 25.4. The molecule has 0 saturated carbocycles. The van der Waals surface area contributed by atoms with Crippen molar-refractivity contribution in [2.45, 2.75) is 25.3 Å². The van der Waals surface area contributed by atoms with Crippen LogP contribution in [0.1, 0.15) is 29.6 Å². The molecule has 4 nitrogen and oxygen atoms in total. The molecule has 102 valence electrons. The highest BCUT2D eigenvalue weighted by molar-refractivity contribution is 9.10. The van der Waals surface area contributed by atoms with E-state index < -0.39 is 11.9 Å². The van der Waals surface area contributed by atoms with E-state index in [-0.39, 0.29) is 5.91 Å². The molecule has 1 heterocycles. The van der Waals surface area contributed by atoms with Crippen LogP contribution in [0.15, 0.2) is 22.7 Å². The fourth-order valence-corrected chi connectivity index (χ4v) is 3.17. The summed E-state index contributed by atoms with van der Waals surface area (Å²) in [6, 6.07) is 4.49. The Balaban J connectivity index is 2.28. The van der Waals surface area contributed by atoms with Gasteiger partial charge in [-0.1, -0.05) is 27.5 Å². The Hall–Kier alpha value is -1.07. The van der Waals surface area contributed by atoms with Crippen LogP contribution in [-0.4, -0.2) is 29.3 Å². The van der Waals surface area contributed by atoms with Crippen molar-refractivity contribution in [2.75, 3.05) is 6.54 Å². The minimum absolute atomic E-state index is 0.202. The zero-order valence-corrected chi connectivity index (χ0v) is 12.6. The van der Waals surface area contributed by atoms with E-state index in [0.717, 1.165) is 17.3 Å². The Morgan fingerprint density at radius 1 is 1.32 bits per heavy atom. The van der Waals surface area contributed by atoms with Crippen molar-refractivity contribution in [3.63, 3.8) is 0 Å². The van der Waals surface area contributed by atoms with Gasteiger partial charge in [-0.25, -0.2) is 0 Å². The van der Waals surface area contributed by atoms with Gasteiger partial charge < -0.3 is 10.6 Å². The Morgan fingerprint density at radius 3 is 2.68 bits per heavy atom. The molecule has 1 unspecified atom stereocenters. The number of nitrogens with two attached hydrogens (primary N) is 1. The van der Waals surface area contributed by atoms with Gasteiger partial charge in [0, 0.05) is 21.6 Å². The summed E-state index contributed by atoms with van der Waals surface area (Å²) in [7, 11) is 0. The molecule has 1 aliphatic heterocycles. The monoisotopic (exact) mass is 344 g/mol. The molecule has 2 rings (SSSR count). The zero-order valence-electron chi connectivity index (χ0n) is 10.2. The number of piperidine rings is 1. The van der Waals surface area contributed by atoms with Crippen LogP contribution >= 0.6 is 27.5 Å². The van der Waals surface area contributed by atoms with Gasteiger partial charge in [0.15, 0.2) is 0 Å². The molecule has 1 saturated heterocycles. The molecule has 6 heteroatoms. The van der Waals surface area contributed by atoms with Crippen molar-refractivity contribution >= 4 is 39.3 Å². The van der Waals surface area contributed by atoms with Crippen LogP contribution in [0.4, 0.5) is 0 Å². The van der Waals surface area contributed by atoms with E-state index in [2.05, 4.69) is 15.9 Å². The van der Waals surface area contributed by atoms with Crippen LogP contribution in [0, 0.1) is 0 Å². The van der Waals surface area contributed by atoms with Crippen LogP contribution in [-0.2, 0) is 4.79 Å². The fraction of sp³-hybridized carbons (Fsp3) is 0.385. The van der Waals surface area contributed by atoms with Crippen molar-refractivity contribution < 1.29 is 9.59 Å². The fourth-order valence-electron chi connectivity index (χ4n) is 2.31. The van der Waals surface area contributed by atoms with E-state index in [1.165, 1.54) is 0 Å². The summed E-state index contributed by atoms with van der Waals surface area (Å²) < 4.78 is 0.732. The van der Waals surface area contributed by atoms with Crippen molar-refractivity contribution in [3.8, 4) is 0 Å². The SMILES string of the molecule is NC(=O)C1CCCCN1C(=O)c1cc(Cl)cc(Br)c1. The number of carbonyl (C=O) groups excluding carboxylic acids is 2. The molecule has 0 spiro atoms. The minimum atomic E-state index is -0.515. The van der Waals surface area contributed by atoms with Gasteiger partial charge in [-0.2, -0.15) is 0 Å². The van der Waals surface area contributed by atoms with Gasteiger partial charge in [0.1, 0.15) is 6.04 Å². The maximum Gasteiger partial charge on any atom is 0.254 e. The van der Waals surface area contributed by atoms with Crippen molar-refractivity contribution in [1.29, 1.82) is 0 Å². The van der Waals surface area contributed by atoms with Crippen molar-refractivity contribution in [3.05, 3.63) is 33.3 Å². The van der Waals surface area contributed by atoms with Crippen molar-refractivity contribution in [1.82, 2.24) is 4.90 Å². The van der Waals surface area contributed by atoms with Crippen LogP contribution in [0.3, 0.4) is 0 Å². The number of hydrogen-bond acceptors (Lipinski definition) is 2. The Bertz CT molecular complexity index is 501. The molecule has 1 fully saturated rings. The smallest absolute Gasteiger partial charge is 0.254 e. The van der Waals surface area contributed by atoms with E-state index in [1.807, 2.05) is 0 Å². The average molecular weight is 346 g/mol. The van der Waals surface area contributed by atoms with Gasteiger partial charge in [-0.3, -0.25) is 9.59 Å². The molecule has 2 N–H and O–H groups in total. The highest BCUT2D eigenvalue weighted by atomic mass is 79.9. The maximum absolute atomic E-state index is 12.5. The number of carbonyl (C=O) groups is 2. The normalized spacial score (nSPS) is 19.3. The second kappa shape index (κ2) is 5.92. The third-order valence-corrected chi connectivity index (χ3v) is 3.88. The highest BCUT2D eigenvalue weighted by Gasteiger charge is 2.31. The lowest BCUT2D eigenvalue weighted by atomic mass is 10.0. The van der Waals surface area contributed by atoms with E-state index >= 15 is 0 Å². The molecule has 19 heavy (non-hydrogen) atoms. The first-order valence-corrected chi connectivity index (χ1v) is 7.22. The number of amides is 2. The molecule has 0 aromatic heterocycles. The molecule has 1 atom stereocenters. The molecule has 2 amide bonds. The molecular weight excluding hydrogens is 332 g/mol. The summed E-state index contributed by atoms with van der Waals surface area (Å²) >= 11 is 9.24. The van der Waals surface area contributed by atoms with Gasteiger partial charge in [-0.15, -0.1) is 0 Å². The standard InChI is InChI=1S/C13H14BrClN2O2/c14-9-5-8(6-10(15)7-9)13(19)17-4-2-1-3-11(17)12(16)18/h5-7,11H,1-4H2,(H2,16,18). The number of halogens is 2. The molecule has 0 radical (unpaired) electrons. The highest BCUT2D eigenvalue weighted by Crippen LogP contribution is 2.24. The topological polar surface area (TPSA) is 63.4 Å². The molecule has 0 aliphatic carbocycles. The summed E-state index contributed by atoms with van der Waals surface area (Å²) in [5.74, 6) is -0.652. The second-order valence-corrected chi connectivity index (χ2v) is 5.92. The van der Waals surface area contributed by atoms with E-state index in [0.29, 0.717) is 23.6 Å². The van der Waals surface area contributed by atoms with Crippen molar-refractivity contribution in [2.24, 2.45) is 5.73 Å². The largest absolute Gasteiger partial charge is 0.368 e. The van der Waals surface area contributed by atoms with E-state index in [9.17, 15) is 9.59 Å². The Labute approximate surface area is 125 Å². The molecular formula is C13H14BrClN2O2. The Kier molecular flexibility index (Phi) is 4.47. The summed E-state index contributed by atoms with van der Waals surface area (Å²) in [6.07, 6.45) is 2.43. The maximum atomic E-state index is 12.5. The number of nitrogens with zero attached hydrogens (tertiary/aromatic N) is 1. The first kappa shape index (κ1) is 14.3. The lowest BCUT2D eigenvalue weighted by Crippen LogP contribution is -2.50. The van der Waals surface area contributed by atoms with E-state index in [1.54, 1.807) is 23.1 Å². The third-order valence-electron chi connectivity index (χ3n) is 3.20. The number of rotatable bonds is 2. The third kappa shape index (κ3) is 3.28. The van der Waals surface area contributed by atoms with Gasteiger partial charge in [-0.05, 0) is 37.5 Å². The van der Waals surface area contributed by atoms with Crippen LogP contribution < -0.4 is 5.73 Å². The molecule has 0 bridgehead atoms. The van der Waals surface area contributed by atoms with Gasteiger partial charge in [0.05, 0.1) is 0 Å². The molecule has 1 aliphatic rings. The zero-order chi connectivity index (χ0) is 14.0. The number of hydrogen-bond donors (Lipinski definition) is 1. The average Bonchev–Trinajstić information content (AvgIpc) is 2.36. The quantitative estimate of drug-likeness (QED) is 0.895. The number of primary amides is 1. The first-order chi connectivity index (χ1) is 8.99. The van der Waals surface area contributed by atoms with Crippen LogP contribution in [0.5, 0.6) is 0 Å². The number of benzene rings is 1. The summed E-state index contributed by atoms with van der Waals surface area (Å²) in [5, 5.41) is 0.477. The first-order valence-electron chi connectivity index (χ1n) is 6.05. The van der Waals surface area contributed by atoms with Crippen LogP contribution in [0.25, 0.3) is 0 Å². The van der Waals surface area contributed by atoms with Gasteiger partial charge >= 0.3 is 0 Å². The predicted octanol–water partition coefficient (Wildman–Crippen LogP) is 2.58. The van der Waals surface area contributed by atoms with E-state index in [4.69, 9.17) is 17.3 Å². The van der Waals surface area contributed by atoms with Gasteiger partial charge in [0.25, 0.3) is 5.91 Å². The summed E-state index contributed by atoms with van der Waals surface area (Å²) in [6.45, 7) is 0.552. The minimum Gasteiger partial charge on any atom is -0.368 e. The van der Waals surface area contributed by atoms with Gasteiger partial charge in [0.2, 0.25) is 5.91 Å². The molecule has 1 aromatic carbocycles. The Morgan fingerprint density at radius 2 is 2.05 bits per heavy atom.